The monoisotopic (exact) mass is 420 g/mol. The number of furan rings is 1. The van der Waals surface area contributed by atoms with E-state index in [2.05, 4.69) is 5.32 Å². The quantitative estimate of drug-likeness (QED) is 0.608. The van der Waals surface area contributed by atoms with E-state index in [0.29, 0.717) is 11.3 Å². The number of halogens is 2. The summed E-state index contributed by atoms with van der Waals surface area (Å²) < 4.78 is 59.0. The molecule has 1 amide bonds. The van der Waals surface area contributed by atoms with Crippen molar-refractivity contribution in [2.45, 2.75) is 18.0 Å². The highest BCUT2D eigenvalue weighted by atomic mass is 32.2. The first-order valence-corrected chi connectivity index (χ1v) is 10.1. The molecule has 0 spiro atoms. The Bertz CT molecular complexity index is 1070. The summed E-state index contributed by atoms with van der Waals surface area (Å²) in [6.45, 7) is -0.695. The van der Waals surface area contributed by atoms with Crippen LogP contribution in [0.15, 0.2) is 76.2 Å². The summed E-state index contributed by atoms with van der Waals surface area (Å²) in [5.74, 6) is -1.61. The van der Waals surface area contributed by atoms with Crippen molar-refractivity contribution in [2.75, 3.05) is 6.54 Å². The summed E-state index contributed by atoms with van der Waals surface area (Å²) in [4.78, 5) is 11.8. The number of sulfonamides is 1. The van der Waals surface area contributed by atoms with E-state index >= 15 is 0 Å². The summed E-state index contributed by atoms with van der Waals surface area (Å²) in [7, 11) is -4.30. The molecule has 0 fully saturated rings. The second-order valence-electron chi connectivity index (χ2n) is 6.19. The molecule has 152 valence electrons. The van der Waals surface area contributed by atoms with Crippen molar-refractivity contribution < 1.29 is 26.4 Å². The topological polar surface area (TPSA) is 79.6 Å². The van der Waals surface area contributed by atoms with Gasteiger partial charge in [0.1, 0.15) is 22.3 Å². The Labute approximate surface area is 166 Å². The van der Waals surface area contributed by atoms with Gasteiger partial charge in [0, 0.05) is 6.54 Å². The van der Waals surface area contributed by atoms with Crippen molar-refractivity contribution >= 4 is 15.9 Å². The van der Waals surface area contributed by atoms with E-state index in [0.717, 1.165) is 16.4 Å². The van der Waals surface area contributed by atoms with Crippen LogP contribution in [0.25, 0.3) is 0 Å². The van der Waals surface area contributed by atoms with Gasteiger partial charge in [-0.25, -0.2) is 17.2 Å². The van der Waals surface area contributed by atoms with Gasteiger partial charge in [0.15, 0.2) is 0 Å². The first-order chi connectivity index (χ1) is 13.9. The maximum absolute atomic E-state index is 14.1. The van der Waals surface area contributed by atoms with Gasteiger partial charge in [-0.1, -0.05) is 24.3 Å². The highest BCUT2D eigenvalue weighted by molar-refractivity contribution is 7.89. The second-order valence-corrected chi connectivity index (χ2v) is 8.09. The lowest BCUT2D eigenvalue weighted by Gasteiger charge is -2.21. The molecular formula is C20H18F2N2O4S. The fourth-order valence-electron chi connectivity index (χ4n) is 2.61. The molecule has 0 saturated heterocycles. The largest absolute Gasteiger partial charge is 0.468 e. The molecule has 3 aromatic rings. The molecule has 0 aliphatic rings. The van der Waals surface area contributed by atoms with Crippen molar-refractivity contribution in [3.05, 3.63) is 89.9 Å². The molecule has 0 radical (unpaired) electrons. The molecule has 6 nitrogen and oxygen atoms in total. The third kappa shape index (κ3) is 5.27. The predicted octanol–water partition coefficient (Wildman–Crippen LogP) is 3.07. The number of carbonyl (C=O) groups is 1. The highest BCUT2D eigenvalue weighted by Gasteiger charge is 2.30. The number of nitrogens with zero attached hydrogens (tertiary/aromatic N) is 1. The molecule has 0 aliphatic carbocycles. The van der Waals surface area contributed by atoms with Gasteiger partial charge in [-0.3, -0.25) is 4.79 Å². The van der Waals surface area contributed by atoms with E-state index in [4.69, 9.17) is 4.42 Å². The van der Waals surface area contributed by atoms with Gasteiger partial charge >= 0.3 is 0 Å². The van der Waals surface area contributed by atoms with Gasteiger partial charge in [0.2, 0.25) is 15.9 Å². The molecule has 3 rings (SSSR count). The van der Waals surface area contributed by atoms with Gasteiger partial charge in [-0.2, -0.15) is 4.31 Å². The second kappa shape index (κ2) is 8.97. The van der Waals surface area contributed by atoms with E-state index in [9.17, 15) is 22.0 Å². The van der Waals surface area contributed by atoms with Crippen molar-refractivity contribution in [1.82, 2.24) is 9.62 Å². The lowest BCUT2D eigenvalue weighted by atomic mass is 10.2. The lowest BCUT2D eigenvalue weighted by Crippen LogP contribution is -2.40. The number of carbonyl (C=O) groups excluding carboxylic acids is 1. The summed E-state index contributed by atoms with van der Waals surface area (Å²) in [5.41, 5.74) is 0.647. The minimum Gasteiger partial charge on any atom is -0.468 e. The molecule has 2 aromatic carbocycles. The summed E-state index contributed by atoms with van der Waals surface area (Å²) >= 11 is 0. The van der Waals surface area contributed by atoms with Crippen LogP contribution in [0.4, 0.5) is 8.78 Å². The van der Waals surface area contributed by atoms with Crippen LogP contribution < -0.4 is 5.32 Å². The Morgan fingerprint density at radius 2 is 1.72 bits per heavy atom. The maximum Gasteiger partial charge on any atom is 0.246 e. The van der Waals surface area contributed by atoms with Crippen LogP contribution in [0.5, 0.6) is 0 Å². The fraction of sp³-hybridized carbons (Fsp3) is 0.150. The number of rotatable bonds is 8. The van der Waals surface area contributed by atoms with Crippen LogP contribution in [0.2, 0.25) is 0 Å². The molecule has 0 saturated carbocycles. The van der Waals surface area contributed by atoms with Gasteiger partial charge in [-0.15, -0.1) is 0 Å². The van der Waals surface area contributed by atoms with Gasteiger partial charge in [-0.05, 0) is 42.0 Å². The van der Waals surface area contributed by atoms with Crippen molar-refractivity contribution in [2.24, 2.45) is 0 Å². The number of hydrogen-bond donors (Lipinski definition) is 1. The predicted molar refractivity (Wildman–Crippen MR) is 101 cm³/mol. The third-order valence-corrected chi connectivity index (χ3v) is 5.91. The first kappa shape index (κ1) is 20.7. The standard InChI is InChI=1S/C20H18F2N2O4S/c21-16-9-7-15(8-10-16)12-23-20(25)14-24(13-17-4-3-11-28-17)29(26,27)19-6-2-1-5-18(19)22/h1-11H,12-14H2,(H,23,25). The normalized spacial score (nSPS) is 11.6. The molecule has 0 aliphatic heterocycles. The Morgan fingerprint density at radius 3 is 2.38 bits per heavy atom. The van der Waals surface area contributed by atoms with Gasteiger partial charge in [0.05, 0.1) is 19.4 Å². The molecule has 0 atom stereocenters. The van der Waals surface area contributed by atoms with Crippen LogP contribution in [0.1, 0.15) is 11.3 Å². The zero-order chi connectivity index (χ0) is 20.9. The average molecular weight is 420 g/mol. The molecule has 1 N–H and O–H groups in total. The smallest absolute Gasteiger partial charge is 0.246 e. The zero-order valence-electron chi connectivity index (χ0n) is 15.2. The molecule has 0 unspecified atom stereocenters. The lowest BCUT2D eigenvalue weighted by molar-refractivity contribution is -0.121. The SMILES string of the molecule is O=C(CN(Cc1ccco1)S(=O)(=O)c1ccccc1F)NCc1ccc(F)cc1. The molecule has 1 heterocycles. The van der Waals surface area contributed by atoms with Crippen LogP contribution >= 0.6 is 0 Å². The van der Waals surface area contributed by atoms with Crippen LogP contribution in [-0.4, -0.2) is 25.2 Å². The van der Waals surface area contributed by atoms with E-state index in [-0.39, 0.29) is 13.1 Å². The van der Waals surface area contributed by atoms with E-state index in [1.165, 1.54) is 42.7 Å². The van der Waals surface area contributed by atoms with Crippen LogP contribution in [0.3, 0.4) is 0 Å². The van der Waals surface area contributed by atoms with Crippen molar-refractivity contribution in [3.63, 3.8) is 0 Å². The average Bonchev–Trinajstić information content (AvgIpc) is 3.20. The minimum absolute atomic E-state index is 0.0907. The third-order valence-electron chi connectivity index (χ3n) is 4.09. The number of amides is 1. The number of benzene rings is 2. The van der Waals surface area contributed by atoms with Gasteiger partial charge in [0.25, 0.3) is 0 Å². The Balaban J connectivity index is 1.77. The van der Waals surface area contributed by atoms with E-state index < -0.39 is 39.0 Å². The first-order valence-electron chi connectivity index (χ1n) is 8.64. The highest BCUT2D eigenvalue weighted by Crippen LogP contribution is 2.21. The van der Waals surface area contributed by atoms with Gasteiger partial charge < -0.3 is 9.73 Å². The Morgan fingerprint density at radius 1 is 1.00 bits per heavy atom. The summed E-state index contributed by atoms with van der Waals surface area (Å²) in [6.07, 6.45) is 1.37. The summed E-state index contributed by atoms with van der Waals surface area (Å²) in [5, 5.41) is 2.57. The summed E-state index contributed by atoms with van der Waals surface area (Å²) in [6, 6.07) is 13.6. The fourth-order valence-corrected chi connectivity index (χ4v) is 4.04. The van der Waals surface area contributed by atoms with Crippen LogP contribution in [0, 0.1) is 11.6 Å². The van der Waals surface area contributed by atoms with E-state index in [1.54, 1.807) is 12.1 Å². The molecular weight excluding hydrogens is 402 g/mol. The number of hydrogen-bond acceptors (Lipinski definition) is 4. The van der Waals surface area contributed by atoms with Crippen molar-refractivity contribution in [3.8, 4) is 0 Å². The molecule has 9 heteroatoms. The van der Waals surface area contributed by atoms with Crippen molar-refractivity contribution in [1.29, 1.82) is 0 Å². The molecule has 1 aromatic heterocycles. The minimum atomic E-state index is -4.30. The Hall–Kier alpha value is -3.04. The zero-order valence-corrected chi connectivity index (χ0v) is 16.0. The maximum atomic E-state index is 14.1. The molecule has 29 heavy (non-hydrogen) atoms. The molecule has 0 bridgehead atoms. The Kier molecular flexibility index (Phi) is 6.40. The van der Waals surface area contributed by atoms with E-state index in [1.807, 2.05) is 0 Å². The number of nitrogens with one attached hydrogen (secondary N) is 1. The van der Waals surface area contributed by atoms with Crippen LogP contribution in [-0.2, 0) is 27.9 Å².